The van der Waals surface area contributed by atoms with Gasteiger partial charge in [-0.05, 0) is 72.5 Å². The maximum Gasteiger partial charge on any atom is 0.305 e. The van der Waals surface area contributed by atoms with E-state index in [4.69, 9.17) is 14.2 Å². The Hall–Kier alpha value is -1.56. The number of hydrogen-bond acceptors (Lipinski definition) is 6. The van der Waals surface area contributed by atoms with Gasteiger partial charge in [-0.25, -0.2) is 0 Å². The fourth-order valence-electron chi connectivity index (χ4n) is 10.3. The highest BCUT2D eigenvalue weighted by atomic mass is 16.7. The molecule has 4 aliphatic carbocycles. The van der Waals surface area contributed by atoms with Crippen LogP contribution >= 0.6 is 0 Å². The van der Waals surface area contributed by atoms with Crippen molar-refractivity contribution in [1.29, 1.82) is 0 Å². The van der Waals surface area contributed by atoms with Gasteiger partial charge in [0.05, 0.1) is 18.3 Å². The number of fused-ring (bicyclic) bond motifs is 7. The van der Waals surface area contributed by atoms with Gasteiger partial charge < -0.3 is 19.3 Å². The Balaban J connectivity index is 1.59. The summed E-state index contributed by atoms with van der Waals surface area (Å²) in [6, 6.07) is 0. The summed E-state index contributed by atoms with van der Waals surface area (Å²) in [6.45, 7) is 14.8. The molecule has 1 aliphatic heterocycles. The SMILES string of the molecule is CC(=O)O[C@@H]1OC=C2C1[C@]1(C)C(C[C@@H]2OC(C)=O)[C@]2(C)CCC3C(C)(C)CCC[C@]3(C)C2C[C@H]1O. The molecule has 0 bridgehead atoms. The lowest BCUT2D eigenvalue weighted by molar-refractivity contribution is -0.262. The third-order valence-corrected chi connectivity index (χ3v) is 11.6. The van der Waals surface area contributed by atoms with Crippen molar-refractivity contribution in [2.24, 2.45) is 45.3 Å². The lowest BCUT2D eigenvalue weighted by Crippen LogP contribution is -2.68. The molecule has 0 aromatic carbocycles. The first-order valence-corrected chi connectivity index (χ1v) is 13.6. The van der Waals surface area contributed by atoms with Crippen molar-refractivity contribution in [2.75, 3.05) is 0 Å². The molecule has 4 unspecified atom stereocenters. The number of carbonyl (C=O) groups is 2. The molecule has 4 fully saturated rings. The quantitative estimate of drug-likeness (QED) is 0.526. The molecule has 0 amide bonds. The summed E-state index contributed by atoms with van der Waals surface area (Å²) in [5, 5.41) is 12.0. The molecule has 0 radical (unpaired) electrons. The Morgan fingerprint density at radius 1 is 0.914 bits per heavy atom. The van der Waals surface area contributed by atoms with Gasteiger partial charge in [0.2, 0.25) is 0 Å². The molecule has 0 aromatic rings. The Morgan fingerprint density at radius 3 is 2.23 bits per heavy atom. The minimum atomic E-state index is -0.802. The molecule has 4 saturated carbocycles. The van der Waals surface area contributed by atoms with E-state index in [1.54, 1.807) is 6.26 Å². The molecular formula is C29H44O6. The van der Waals surface area contributed by atoms with Gasteiger partial charge in [-0.2, -0.15) is 0 Å². The number of ether oxygens (including phenoxy) is 3. The summed E-state index contributed by atoms with van der Waals surface area (Å²) < 4.78 is 17.4. The molecule has 5 aliphatic rings. The predicted molar refractivity (Wildman–Crippen MR) is 131 cm³/mol. The van der Waals surface area contributed by atoms with Crippen LogP contribution in [0.3, 0.4) is 0 Å². The minimum Gasteiger partial charge on any atom is -0.462 e. The molecule has 5 rings (SSSR count). The van der Waals surface area contributed by atoms with Crippen molar-refractivity contribution >= 4 is 11.9 Å². The van der Waals surface area contributed by atoms with E-state index < -0.39 is 29.9 Å². The summed E-state index contributed by atoms with van der Waals surface area (Å²) in [7, 11) is 0. The van der Waals surface area contributed by atoms with E-state index >= 15 is 0 Å². The number of rotatable bonds is 2. The molecule has 196 valence electrons. The molecular weight excluding hydrogens is 444 g/mol. The zero-order chi connectivity index (χ0) is 25.6. The van der Waals surface area contributed by atoms with Crippen LogP contribution in [-0.2, 0) is 23.8 Å². The number of aliphatic hydroxyl groups is 1. The fraction of sp³-hybridized carbons (Fsp3) is 0.862. The van der Waals surface area contributed by atoms with Crippen LogP contribution in [0.1, 0.15) is 93.4 Å². The molecule has 0 aromatic heterocycles. The second kappa shape index (κ2) is 7.97. The maximum absolute atomic E-state index is 12.1. The summed E-state index contributed by atoms with van der Waals surface area (Å²) in [5.74, 6) is 0.0707. The van der Waals surface area contributed by atoms with Crippen molar-refractivity contribution in [1.82, 2.24) is 0 Å². The van der Waals surface area contributed by atoms with Crippen LogP contribution in [-0.4, -0.2) is 35.5 Å². The van der Waals surface area contributed by atoms with Gasteiger partial charge in [0, 0.05) is 24.8 Å². The van der Waals surface area contributed by atoms with E-state index in [0.29, 0.717) is 23.7 Å². The first-order valence-electron chi connectivity index (χ1n) is 13.6. The molecule has 10 atom stereocenters. The topological polar surface area (TPSA) is 82.1 Å². The minimum absolute atomic E-state index is 0.0139. The van der Waals surface area contributed by atoms with Crippen LogP contribution in [0, 0.1) is 45.3 Å². The van der Waals surface area contributed by atoms with E-state index in [1.807, 2.05) is 0 Å². The average molecular weight is 489 g/mol. The van der Waals surface area contributed by atoms with Crippen LogP contribution in [0.4, 0.5) is 0 Å². The number of esters is 2. The van der Waals surface area contributed by atoms with Gasteiger partial charge in [-0.3, -0.25) is 9.59 Å². The summed E-state index contributed by atoms with van der Waals surface area (Å²) in [5.41, 5.74) is 0.760. The summed E-state index contributed by atoms with van der Waals surface area (Å²) in [6.07, 6.45) is 7.26. The number of carbonyl (C=O) groups excluding carboxylic acids is 2. The van der Waals surface area contributed by atoms with Crippen molar-refractivity contribution < 1.29 is 28.9 Å². The number of hydrogen-bond donors (Lipinski definition) is 1. The van der Waals surface area contributed by atoms with Gasteiger partial charge >= 0.3 is 11.9 Å². The molecule has 6 heteroatoms. The molecule has 1 heterocycles. The fourth-order valence-corrected chi connectivity index (χ4v) is 10.3. The molecule has 1 N–H and O–H groups in total. The van der Waals surface area contributed by atoms with E-state index in [-0.39, 0.29) is 28.6 Å². The van der Waals surface area contributed by atoms with Crippen LogP contribution in [0.25, 0.3) is 0 Å². The monoisotopic (exact) mass is 488 g/mol. The standard InChI is InChI=1S/C29H44O6/c1-16(30)34-19-13-22-28(6)12-9-20-26(3,4)10-8-11-27(20,5)21(28)14-23(32)29(22,7)24-18(19)15-33-25(24)35-17(2)31/h15,19-25,32H,8-14H2,1-7H3/t19-,20?,21?,22?,23+,24?,25-,27-,28+,29+/m0/s1. The summed E-state index contributed by atoms with van der Waals surface area (Å²) in [4.78, 5) is 24.1. The normalized spacial score (nSPS) is 49.8. The first-order chi connectivity index (χ1) is 16.2. The lowest BCUT2D eigenvalue weighted by Gasteiger charge is -2.71. The third kappa shape index (κ3) is 3.44. The van der Waals surface area contributed by atoms with E-state index in [2.05, 4.69) is 34.6 Å². The highest BCUT2D eigenvalue weighted by Gasteiger charge is 2.71. The molecule has 35 heavy (non-hydrogen) atoms. The van der Waals surface area contributed by atoms with Crippen molar-refractivity contribution in [3.63, 3.8) is 0 Å². The van der Waals surface area contributed by atoms with Gasteiger partial charge in [0.25, 0.3) is 6.29 Å². The smallest absolute Gasteiger partial charge is 0.305 e. The van der Waals surface area contributed by atoms with Gasteiger partial charge in [0.15, 0.2) is 0 Å². The first kappa shape index (κ1) is 25.1. The predicted octanol–water partition coefficient (Wildman–Crippen LogP) is 5.38. The van der Waals surface area contributed by atoms with Gasteiger partial charge in [-0.15, -0.1) is 0 Å². The average Bonchev–Trinajstić information content (AvgIpc) is 3.15. The lowest BCUT2D eigenvalue weighted by atomic mass is 9.34. The highest BCUT2D eigenvalue weighted by molar-refractivity contribution is 5.67. The third-order valence-electron chi connectivity index (χ3n) is 11.6. The van der Waals surface area contributed by atoms with Crippen LogP contribution < -0.4 is 0 Å². The van der Waals surface area contributed by atoms with E-state index in [9.17, 15) is 14.7 Å². The van der Waals surface area contributed by atoms with Crippen molar-refractivity contribution in [3.05, 3.63) is 11.8 Å². The van der Waals surface area contributed by atoms with Crippen molar-refractivity contribution in [2.45, 2.75) is 112 Å². The molecule has 0 saturated heterocycles. The van der Waals surface area contributed by atoms with Crippen LogP contribution in [0.5, 0.6) is 0 Å². The zero-order valence-corrected chi connectivity index (χ0v) is 22.6. The Bertz CT molecular complexity index is 939. The Morgan fingerprint density at radius 2 is 1.57 bits per heavy atom. The highest BCUT2D eigenvalue weighted by Crippen LogP contribution is 2.74. The zero-order valence-electron chi connectivity index (χ0n) is 22.6. The maximum atomic E-state index is 12.1. The van der Waals surface area contributed by atoms with E-state index in [0.717, 1.165) is 18.4 Å². The van der Waals surface area contributed by atoms with Gasteiger partial charge in [0.1, 0.15) is 6.10 Å². The molecule has 0 spiro atoms. The Kier molecular flexibility index (Phi) is 5.71. The van der Waals surface area contributed by atoms with Crippen LogP contribution in [0.15, 0.2) is 11.8 Å². The van der Waals surface area contributed by atoms with Crippen LogP contribution in [0.2, 0.25) is 0 Å². The van der Waals surface area contributed by atoms with E-state index in [1.165, 1.54) is 39.5 Å². The second-order valence-corrected chi connectivity index (χ2v) is 13.7. The van der Waals surface area contributed by atoms with Crippen molar-refractivity contribution in [3.8, 4) is 0 Å². The Labute approximate surface area is 210 Å². The number of aliphatic hydroxyl groups excluding tert-OH is 1. The largest absolute Gasteiger partial charge is 0.462 e. The second-order valence-electron chi connectivity index (χ2n) is 13.7. The summed E-state index contributed by atoms with van der Waals surface area (Å²) >= 11 is 0. The molecule has 6 nitrogen and oxygen atoms in total. The van der Waals surface area contributed by atoms with Gasteiger partial charge in [-0.1, -0.05) is 41.0 Å².